The lowest BCUT2D eigenvalue weighted by atomic mass is 10.1. The van der Waals surface area contributed by atoms with Gasteiger partial charge in [-0.05, 0) is 25.1 Å². The van der Waals surface area contributed by atoms with Crippen LogP contribution in [-0.2, 0) is 0 Å². The number of aryl methyl sites for hydroxylation is 1. The molecule has 0 radical (unpaired) electrons. The molecule has 0 fully saturated rings. The van der Waals surface area contributed by atoms with E-state index in [9.17, 15) is 9.18 Å². The van der Waals surface area contributed by atoms with E-state index < -0.39 is 0 Å². The van der Waals surface area contributed by atoms with E-state index in [1.165, 1.54) is 17.8 Å². The molecule has 92 valence electrons. The third-order valence-corrected chi connectivity index (χ3v) is 3.58. The van der Waals surface area contributed by atoms with Gasteiger partial charge in [-0.1, -0.05) is 35.9 Å². The number of hydrogen-bond donors (Lipinski definition) is 0. The van der Waals surface area contributed by atoms with Crippen molar-refractivity contribution in [1.29, 1.82) is 0 Å². The molecule has 0 atom stereocenters. The van der Waals surface area contributed by atoms with Crippen LogP contribution in [-0.4, -0.2) is 11.5 Å². The highest BCUT2D eigenvalue weighted by Gasteiger charge is 2.08. The van der Waals surface area contributed by atoms with Crippen LogP contribution in [0.25, 0.3) is 0 Å². The summed E-state index contributed by atoms with van der Waals surface area (Å²) in [6, 6.07) is 13.9. The lowest BCUT2D eigenvalue weighted by Gasteiger charge is -2.03. The van der Waals surface area contributed by atoms with Gasteiger partial charge < -0.3 is 0 Å². The number of thioether (sulfide) groups is 1. The molecule has 2 rings (SSSR count). The summed E-state index contributed by atoms with van der Waals surface area (Å²) in [5.41, 5.74) is 1.73. The largest absolute Gasteiger partial charge is 0.293 e. The average molecular weight is 260 g/mol. The molecule has 0 aliphatic heterocycles. The maximum Gasteiger partial charge on any atom is 0.173 e. The smallest absolute Gasteiger partial charge is 0.173 e. The molecule has 0 heterocycles. The number of Topliss-reactive ketones (excluding diaryl/α,β-unsaturated/α-hetero) is 1. The van der Waals surface area contributed by atoms with Crippen molar-refractivity contribution < 1.29 is 9.18 Å². The fourth-order valence-electron chi connectivity index (χ4n) is 1.61. The van der Waals surface area contributed by atoms with Crippen LogP contribution >= 0.6 is 11.8 Å². The van der Waals surface area contributed by atoms with Gasteiger partial charge in [0.1, 0.15) is 5.82 Å². The predicted octanol–water partition coefficient (Wildman–Crippen LogP) is 4.11. The molecule has 2 aromatic carbocycles. The van der Waals surface area contributed by atoms with Crippen molar-refractivity contribution in [2.24, 2.45) is 0 Å². The lowest BCUT2D eigenvalue weighted by molar-refractivity contribution is 0.102. The van der Waals surface area contributed by atoms with Gasteiger partial charge in [0.25, 0.3) is 0 Å². The van der Waals surface area contributed by atoms with Crippen LogP contribution in [0.1, 0.15) is 15.9 Å². The van der Waals surface area contributed by atoms with Crippen LogP contribution in [0.5, 0.6) is 0 Å². The Hall–Kier alpha value is -1.61. The highest BCUT2D eigenvalue weighted by molar-refractivity contribution is 8.00. The Morgan fingerprint density at radius 2 is 1.94 bits per heavy atom. The molecule has 0 aliphatic carbocycles. The van der Waals surface area contributed by atoms with Crippen LogP contribution < -0.4 is 0 Å². The Labute approximate surface area is 110 Å². The number of hydrogen-bond acceptors (Lipinski definition) is 2. The molecular weight excluding hydrogens is 247 g/mol. The van der Waals surface area contributed by atoms with Crippen molar-refractivity contribution in [2.45, 2.75) is 11.8 Å². The van der Waals surface area contributed by atoms with Gasteiger partial charge in [0.05, 0.1) is 5.75 Å². The van der Waals surface area contributed by atoms with Crippen LogP contribution in [0.2, 0.25) is 0 Å². The first-order chi connectivity index (χ1) is 8.66. The van der Waals surface area contributed by atoms with Gasteiger partial charge in [-0.25, -0.2) is 4.39 Å². The van der Waals surface area contributed by atoms with E-state index in [2.05, 4.69) is 0 Å². The molecule has 3 heteroatoms. The molecule has 18 heavy (non-hydrogen) atoms. The fourth-order valence-corrected chi connectivity index (χ4v) is 2.44. The second kappa shape index (κ2) is 5.83. The van der Waals surface area contributed by atoms with E-state index in [0.29, 0.717) is 10.5 Å². The van der Waals surface area contributed by atoms with Gasteiger partial charge in [-0.15, -0.1) is 11.8 Å². The molecule has 2 aromatic rings. The number of rotatable bonds is 4. The highest BCUT2D eigenvalue weighted by Crippen LogP contribution is 2.22. The summed E-state index contributed by atoms with van der Waals surface area (Å²) in [5.74, 6) is -0.00352. The quantitative estimate of drug-likeness (QED) is 0.608. The topological polar surface area (TPSA) is 17.1 Å². The van der Waals surface area contributed by atoms with E-state index in [4.69, 9.17) is 0 Å². The average Bonchev–Trinajstić information content (AvgIpc) is 2.37. The van der Waals surface area contributed by atoms with E-state index in [0.717, 1.165) is 5.56 Å². The summed E-state index contributed by atoms with van der Waals surface area (Å²) in [6.45, 7) is 1.95. The van der Waals surface area contributed by atoms with Crippen LogP contribution in [0.15, 0.2) is 53.4 Å². The Bertz CT molecular complexity index is 566. The Balaban J connectivity index is 2.03. The molecule has 0 N–H and O–H groups in total. The summed E-state index contributed by atoms with van der Waals surface area (Å²) >= 11 is 1.23. The number of halogens is 1. The van der Waals surface area contributed by atoms with Crippen molar-refractivity contribution in [3.8, 4) is 0 Å². The number of benzene rings is 2. The molecule has 0 unspecified atom stereocenters. The molecule has 0 saturated heterocycles. The summed E-state index contributed by atoms with van der Waals surface area (Å²) in [7, 11) is 0. The molecule has 0 aliphatic rings. The fraction of sp³-hybridized carbons (Fsp3) is 0.133. The lowest BCUT2D eigenvalue weighted by Crippen LogP contribution is -2.02. The van der Waals surface area contributed by atoms with Crippen molar-refractivity contribution >= 4 is 17.5 Å². The third-order valence-electron chi connectivity index (χ3n) is 2.54. The first-order valence-electron chi connectivity index (χ1n) is 5.64. The number of ketones is 1. The SMILES string of the molecule is Cc1cccc(C(=O)CSc2ccccc2F)c1. The van der Waals surface area contributed by atoms with Crippen molar-refractivity contribution in [2.75, 3.05) is 5.75 Å². The minimum absolute atomic E-state index is 0.0203. The van der Waals surface area contributed by atoms with E-state index in [1.54, 1.807) is 24.3 Å². The van der Waals surface area contributed by atoms with E-state index in [1.807, 2.05) is 25.1 Å². The molecule has 0 aromatic heterocycles. The summed E-state index contributed by atoms with van der Waals surface area (Å²) in [6.07, 6.45) is 0. The second-order valence-electron chi connectivity index (χ2n) is 4.01. The maximum absolute atomic E-state index is 13.4. The van der Waals surface area contributed by atoms with Crippen LogP contribution in [0.3, 0.4) is 0 Å². The predicted molar refractivity (Wildman–Crippen MR) is 72.6 cm³/mol. The number of carbonyl (C=O) groups excluding carboxylic acids is 1. The van der Waals surface area contributed by atoms with Crippen molar-refractivity contribution in [3.05, 3.63) is 65.5 Å². The first kappa shape index (κ1) is 12.8. The zero-order chi connectivity index (χ0) is 13.0. The second-order valence-corrected chi connectivity index (χ2v) is 5.03. The molecule has 0 spiro atoms. The summed E-state index contributed by atoms with van der Waals surface area (Å²) < 4.78 is 13.4. The Kier molecular flexibility index (Phi) is 4.15. The van der Waals surface area contributed by atoms with Gasteiger partial charge in [-0.3, -0.25) is 4.79 Å². The maximum atomic E-state index is 13.4. The van der Waals surface area contributed by atoms with Crippen molar-refractivity contribution in [1.82, 2.24) is 0 Å². The molecule has 0 saturated carbocycles. The zero-order valence-electron chi connectivity index (χ0n) is 10.0. The molecular formula is C15H13FOS. The van der Waals surface area contributed by atoms with Gasteiger partial charge in [0.15, 0.2) is 5.78 Å². The van der Waals surface area contributed by atoms with Gasteiger partial charge >= 0.3 is 0 Å². The summed E-state index contributed by atoms with van der Waals surface area (Å²) in [5, 5.41) is 0. The molecule has 0 amide bonds. The summed E-state index contributed by atoms with van der Waals surface area (Å²) in [4.78, 5) is 12.5. The normalized spacial score (nSPS) is 10.3. The zero-order valence-corrected chi connectivity index (χ0v) is 10.8. The molecule has 0 bridgehead atoms. The van der Waals surface area contributed by atoms with E-state index >= 15 is 0 Å². The van der Waals surface area contributed by atoms with Gasteiger partial charge in [0, 0.05) is 10.5 Å². The number of carbonyl (C=O) groups is 1. The minimum Gasteiger partial charge on any atom is -0.293 e. The van der Waals surface area contributed by atoms with Crippen molar-refractivity contribution in [3.63, 3.8) is 0 Å². The highest BCUT2D eigenvalue weighted by atomic mass is 32.2. The van der Waals surface area contributed by atoms with Gasteiger partial charge in [0.2, 0.25) is 0 Å². The monoisotopic (exact) mass is 260 g/mol. The third kappa shape index (κ3) is 3.20. The van der Waals surface area contributed by atoms with Gasteiger partial charge in [-0.2, -0.15) is 0 Å². The Morgan fingerprint density at radius 3 is 2.67 bits per heavy atom. The molecule has 1 nitrogen and oxygen atoms in total. The Morgan fingerprint density at radius 1 is 1.17 bits per heavy atom. The van der Waals surface area contributed by atoms with E-state index in [-0.39, 0.29) is 17.4 Å². The van der Waals surface area contributed by atoms with Crippen LogP contribution in [0, 0.1) is 12.7 Å². The minimum atomic E-state index is -0.278. The first-order valence-corrected chi connectivity index (χ1v) is 6.62. The standard InChI is InChI=1S/C15H13FOS/c1-11-5-4-6-12(9-11)14(17)10-18-15-8-3-2-7-13(15)16/h2-9H,10H2,1H3. The van der Waals surface area contributed by atoms with Crippen LogP contribution in [0.4, 0.5) is 4.39 Å².